The Bertz CT molecular complexity index is 188. The van der Waals surface area contributed by atoms with Gasteiger partial charge in [-0.1, -0.05) is 0 Å². The number of β-amino-alcohol motifs (C(OH)–C–C–N with tert-alkyl or cyclic N) is 1. The van der Waals surface area contributed by atoms with Gasteiger partial charge in [0.25, 0.3) is 0 Å². The van der Waals surface area contributed by atoms with Gasteiger partial charge in [0.15, 0.2) is 0 Å². The molecule has 3 heteroatoms. The molecule has 1 unspecified atom stereocenters. The second-order valence-electron chi connectivity index (χ2n) is 4.95. The van der Waals surface area contributed by atoms with Gasteiger partial charge in [0, 0.05) is 26.3 Å². The molecule has 0 aromatic heterocycles. The number of ether oxygens (including phenoxy) is 1. The summed E-state index contributed by atoms with van der Waals surface area (Å²) in [6.45, 7) is 6.90. The molecule has 0 aliphatic carbocycles. The van der Waals surface area contributed by atoms with Crippen molar-refractivity contribution in [2.75, 3.05) is 32.8 Å². The molecule has 1 N–H and O–H groups in total. The van der Waals surface area contributed by atoms with E-state index < -0.39 is 0 Å². The molecule has 2 saturated heterocycles. The van der Waals surface area contributed by atoms with Crippen LogP contribution in [-0.4, -0.2) is 49.0 Å². The molecule has 0 aromatic rings. The Labute approximate surface area is 86.0 Å². The number of rotatable bonds is 2. The summed E-state index contributed by atoms with van der Waals surface area (Å²) in [5, 5.41) is 9.33. The minimum absolute atomic E-state index is 0.190. The van der Waals surface area contributed by atoms with E-state index in [0.717, 1.165) is 26.3 Å². The fourth-order valence-electron chi connectivity index (χ4n) is 2.77. The molecule has 0 radical (unpaired) electrons. The van der Waals surface area contributed by atoms with Crippen molar-refractivity contribution in [3.05, 3.63) is 0 Å². The highest BCUT2D eigenvalue weighted by Crippen LogP contribution is 2.39. The number of aliphatic hydroxyl groups excluding tert-OH is 1. The van der Waals surface area contributed by atoms with Crippen molar-refractivity contribution in [2.45, 2.75) is 32.3 Å². The topological polar surface area (TPSA) is 32.7 Å². The number of aliphatic hydroxyl groups is 1. The van der Waals surface area contributed by atoms with Gasteiger partial charge in [0.05, 0.1) is 6.10 Å². The van der Waals surface area contributed by atoms with Crippen molar-refractivity contribution < 1.29 is 9.84 Å². The molecule has 0 saturated carbocycles. The van der Waals surface area contributed by atoms with E-state index in [9.17, 15) is 5.11 Å². The van der Waals surface area contributed by atoms with Gasteiger partial charge in [0.2, 0.25) is 0 Å². The Kier molecular flexibility index (Phi) is 3.10. The molecule has 1 spiro atoms. The first-order valence-corrected chi connectivity index (χ1v) is 5.68. The van der Waals surface area contributed by atoms with Crippen LogP contribution in [0.5, 0.6) is 0 Å². The van der Waals surface area contributed by atoms with Gasteiger partial charge in [-0.15, -0.1) is 0 Å². The number of nitrogens with zero attached hydrogens (tertiary/aromatic N) is 1. The van der Waals surface area contributed by atoms with Crippen LogP contribution in [0, 0.1) is 5.41 Å². The first-order valence-electron chi connectivity index (χ1n) is 5.68. The Morgan fingerprint density at radius 2 is 2.07 bits per heavy atom. The highest BCUT2D eigenvalue weighted by Gasteiger charge is 2.39. The Hall–Kier alpha value is -0.120. The maximum Gasteiger partial charge on any atom is 0.0639 e. The summed E-state index contributed by atoms with van der Waals surface area (Å²) in [6, 6.07) is 0. The first-order chi connectivity index (χ1) is 6.70. The fraction of sp³-hybridized carbons (Fsp3) is 1.00. The molecule has 2 aliphatic heterocycles. The maximum absolute atomic E-state index is 9.33. The van der Waals surface area contributed by atoms with Gasteiger partial charge in [0.1, 0.15) is 0 Å². The van der Waals surface area contributed by atoms with Crippen molar-refractivity contribution in [1.82, 2.24) is 4.90 Å². The number of likely N-dealkylation sites (tertiary alicyclic amines) is 1. The largest absolute Gasteiger partial charge is 0.392 e. The van der Waals surface area contributed by atoms with E-state index in [2.05, 4.69) is 4.90 Å². The van der Waals surface area contributed by atoms with Gasteiger partial charge >= 0.3 is 0 Å². The standard InChI is InChI=1S/C11H21NO2/c1-10(13)8-12-5-2-11(9-12)3-6-14-7-4-11/h10,13H,2-9H2,1H3. The van der Waals surface area contributed by atoms with Gasteiger partial charge in [-0.3, -0.25) is 0 Å². The molecule has 82 valence electrons. The molecule has 1 atom stereocenters. The van der Waals surface area contributed by atoms with Crippen molar-refractivity contribution in [3.63, 3.8) is 0 Å². The van der Waals surface area contributed by atoms with Crippen molar-refractivity contribution in [1.29, 1.82) is 0 Å². The minimum atomic E-state index is -0.190. The summed E-state index contributed by atoms with van der Waals surface area (Å²) in [6.07, 6.45) is 3.53. The zero-order valence-corrected chi connectivity index (χ0v) is 9.04. The first kappa shape index (κ1) is 10.4. The van der Waals surface area contributed by atoms with E-state index in [1.54, 1.807) is 0 Å². The summed E-state index contributed by atoms with van der Waals surface area (Å²) in [5.74, 6) is 0. The Balaban J connectivity index is 1.86. The molecule has 2 fully saturated rings. The van der Waals surface area contributed by atoms with Crippen LogP contribution in [0.4, 0.5) is 0 Å². The van der Waals surface area contributed by atoms with Gasteiger partial charge in [-0.05, 0) is 38.1 Å². The zero-order chi connectivity index (χ0) is 10.0. The molecule has 2 heterocycles. The smallest absolute Gasteiger partial charge is 0.0639 e. The van der Waals surface area contributed by atoms with Crippen LogP contribution in [0.1, 0.15) is 26.2 Å². The lowest BCUT2D eigenvalue weighted by Gasteiger charge is -2.33. The van der Waals surface area contributed by atoms with Crippen LogP contribution in [0.15, 0.2) is 0 Å². The van der Waals surface area contributed by atoms with Crippen LogP contribution in [0.25, 0.3) is 0 Å². The van der Waals surface area contributed by atoms with Gasteiger partial charge < -0.3 is 14.7 Å². The van der Waals surface area contributed by atoms with Gasteiger partial charge in [-0.2, -0.15) is 0 Å². The minimum Gasteiger partial charge on any atom is -0.392 e. The second-order valence-corrected chi connectivity index (χ2v) is 4.95. The SMILES string of the molecule is CC(O)CN1CCC2(CCOCC2)C1. The molecular formula is C11H21NO2. The number of hydrogen-bond donors (Lipinski definition) is 1. The molecular weight excluding hydrogens is 178 g/mol. The lowest BCUT2D eigenvalue weighted by atomic mass is 9.80. The van der Waals surface area contributed by atoms with Gasteiger partial charge in [-0.25, -0.2) is 0 Å². The van der Waals surface area contributed by atoms with E-state index in [4.69, 9.17) is 4.74 Å². The molecule has 0 aromatic carbocycles. The monoisotopic (exact) mass is 199 g/mol. The average Bonchev–Trinajstić information content (AvgIpc) is 2.49. The van der Waals surface area contributed by atoms with Crippen molar-refractivity contribution in [2.24, 2.45) is 5.41 Å². The highest BCUT2D eigenvalue weighted by atomic mass is 16.5. The summed E-state index contributed by atoms with van der Waals surface area (Å²) in [7, 11) is 0. The molecule has 0 bridgehead atoms. The third kappa shape index (κ3) is 2.27. The molecule has 3 nitrogen and oxygen atoms in total. The van der Waals surface area contributed by atoms with Crippen LogP contribution >= 0.6 is 0 Å². The quantitative estimate of drug-likeness (QED) is 0.716. The van der Waals surface area contributed by atoms with Crippen molar-refractivity contribution >= 4 is 0 Å². The lowest BCUT2D eigenvalue weighted by Crippen LogP contribution is -2.35. The summed E-state index contributed by atoms with van der Waals surface area (Å²) in [4.78, 5) is 2.40. The molecule has 2 rings (SSSR count). The molecule has 2 aliphatic rings. The zero-order valence-electron chi connectivity index (χ0n) is 9.04. The molecule has 14 heavy (non-hydrogen) atoms. The normalized spacial score (nSPS) is 29.6. The average molecular weight is 199 g/mol. The summed E-state index contributed by atoms with van der Waals surface area (Å²) in [5.41, 5.74) is 0.521. The van der Waals surface area contributed by atoms with E-state index >= 15 is 0 Å². The Morgan fingerprint density at radius 1 is 1.36 bits per heavy atom. The van der Waals surface area contributed by atoms with Crippen LogP contribution < -0.4 is 0 Å². The summed E-state index contributed by atoms with van der Waals surface area (Å²) >= 11 is 0. The van der Waals surface area contributed by atoms with Crippen LogP contribution in [0.3, 0.4) is 0 Å². The van der Waals surface area contributed by atoms with E-state index in [1.165, 1.54) is 25.8 Å². The Morgan fingerprint density at radius 3 is 2.71 bits per heavy atom. The van der Waals surface area contributed by atoms with E-state index in [1.807, 2.05) is 6.92 Å². The highest BCUT2D eigenvalue weighted by molar-refractivity contribution is 4.91. The van der Waals surface area contributed by atoms with Crippen LogP contribution in [-0.2, 0) is 4.74 Å². The third-order valence-corrected chi connectivity index (χ3v) is 3.59. The maximum atomic E-state index is 9.33. The fourth-order valence-corrected chi connectivity index (χ4v) is 2.77. The van der Waals surface area contributed by atoms with E-state index in [-0.39, 0.29) is 6.10 Å². The lowest BCUT2D eigenvalue weighted by molar-refractivity contribution is 0.0173. The third-order valence-electron chi connectivity index (χ3n) is 3.59. The molecule has 0 amide bonds. The van der Waals surface area contributed by atoms with Crippen molar-refractivity contribution in [3.8, 4) is 0 Å². The predicted octanol–water partition coefficient (Wildman–Crippen LogP) is 0.870. The van der Waals surface area contributed by atoms with Crippen LogP contribution in [0.2, 0.25) is 0 Å². The summed E-state index contributed by atoms with van der Waals surface area (Å²) < 4.78 is 5.40. The predicted molar refractivity (Wildman–Crippen MR) is 55.2 cm³/mol. The number of hydrogen-bond acceptors (Lipinski definition) is 3. The van der Waals surface area contributed by atoms with E-state index in [0.29, 0.717) is 5.41 Å². The second kappa shape index (κ2) is 4.17.